The summed E-state index contributed by atoms with van der Waals surface area (Å²) in [4.78, 5) is 15.8. The monoisotopic (exact) mass is 202 g/mol. The second-order valence-electron chi connectivity index (χ2n) is 2.97. The van der Waals surface area contributed by atoms with Gasteiger partial charge in [-0.2, -0.15) is 10.5 Å². The number of rotatable bonds is 5. The number of ketones is 1. The summed E-state index contributed by atoms with van der Waals surface area (Å²) in [5, 5.41) is 17.0. The molecule has 1 heterocycles. The van der Waals surface area contributed by atoms with Crippen LogP contribution in [0.2, 0.25) is 0 Å². The van der Waals surface area contributed by atoms with E-state index >= 15 is 0 Å². The van der Waals surface area contributed by atoms with Gasteiger partial charge in [-0.15, -0.1) is 0 Å². The van der Waals surface area contributed by atoms with E-state index in [9.17, 15) is 4.79 Å². The predicted molar refractivity (Wildman–Crippen MR) is 52.8 cm³/mol. The van der Waals surface area contributed by atoms with Gasteiger partial charge in [0.2, 0.25) is 0 Å². The number of aromatic nitrogens is 1. The van der Waals surface area contributed by atoms with Crippen molar-refractivity contribution < 1.29 is 4.79 Å². The first-order valence-electron chi connectivity index (χ1n) is 4.40. The van der Waals surface area contributed by atoms with Gasteiger partial charge in [-0.3, -0.25) is 9.69 Å². The summed E-state index contributed by atoms with van der Waals surface area (Å²) in [6, 6.07) is 7.23. The first-order chi connectivity index (χ1) is 7.27. The molecule has 1 aromatic heterocycles. The number of Topliss-reactive ketones (excluding diaryl/α,β-unsaturated/α-hetero) is 1. The van der Waals surface area contributed by atoms with E-state index in [4.69, 9.17) is 10.5 Å². The second-order valence-corrected chi connectivity index (χ2v) is 2.97. The van der Waals surface area contributed by atoms with Crippen LogP contribution in [-0.4, -0.2) is 35.3 Å². The first kappa shape index (κ1) is 11.0. The molecule has 0 saturated carbocycles. The highest BCUT2D eigenvalue weighted by atomic mass is 16.1. The van der Waals surface area contributed by atoms with Crippen molar-refractivity contribution in [2.75, 3.05) is 19.6 Å². The van der Waals surface area contributed by atoms with E-state index in [1.807, 2.05) is 12.1 Å². The van der Waals surface area contributed by atoms with E-state index in [0.29, 0.717) is 5.69 Å². The largest absolute Gasteiger partial charge is 0.359 e. The number of hydrogen-bond acceptors (Lipinski definition) is 4. The van der Waals surface area contributed by atoms with Gasteiger partial charge in [-0.25, -0.2) is 0 Å². The zero-order chi connectivity index (χ0) is 11.1. The van der Waals surface area contributed by atoms with Gasteiger partial charge >= 0.3 is 0 Å². The van der Waals surface area contributed by atoms with E-state index in [1.54, 1.807) is 18.3 Å². The van der Waals surface area contributed by atoms with E-state index in [-0.39, 0.29) is 25.4 Å². The Morgan fingerprint density at radius 2 is 2.07 bits per heavy atom. The second kappa shape index (κ2) is 5.58. The molecule has 0 aliphatic carbocycles. The lowest BCUT2D eigenvalue weighted by Crippen LogP contribution is -2.30. The molecule has 0 fully saturated rings. The molecule has 0 amide bonds. The van der Waals surface area contributed by atoms with Crippen LogP contribution in [0, 0.1) is 22.7 Å². The molecule has 1 rings (SSSR count). The fourth-order valence-corrected chi connectivity index (χ4v) is 1.16. The number of hydrogen-bond donors (Lipinski definition) is 1. The lowest BCUT2D eigenvalue weighted by Gasteiger charge is -2.12. The maximum absolute atomic E-state index is 11.6. The van der Waals surface area contributed by atoms with Crippen LogP contribution >= 0.6 is 0 Å². The van der Waals surface area contributed by atoms with Gasteiger partial charge in [0.15, 0.2) is 5.78 Å². The molecular weight excluding hydrogens is 192 g/mol. The third-order valence-corrected chi connectivity index (χ3v) is 1.85. The van der Waals surface area contributed by atoms with Crippen molar-refractivity contribution in [1.29, 1.82) is 10.5 Å². The molecule has 5 heteroatoms. The minimum Gasteiger partial charge on any atom is -0.359 e. The third kappa shape index (κ3) is 3.26. The maximum atomic E-state index is 11.6. The molecule has 0 spiro atoms. The van der Waals surface area contributed by atoms with Gasteiger partial charge in [0.25, 0.3) is 0 Å². The molecule has 1 aromatic rings. The van der Waals surface area contributed by atoms with Crippen LogP contribution in [0.4, 0.5) is 0 Å². The van der Waals surface area contributed by atoms with Crippen LogP contribution in [0.5, 0.6) is 0 Å². The van der Waals surface area contributed by atoms with E-state index in [2.05, 4.69) is 4.98 Å². The van der Waals surface area contributed by atoms with Crippen molar-refractivity contribution in [1.82, 2.24) is 9.88 Å². The van der Waals surface area contributed by atoms with Crippen molar-refractivity contribution >= 4 is 5.78 Å². The lowest BCUT2D eigenvalue weighted by molar-refractivity contribution is 0.0942. The van der Waals surface area contributed by atoms with E-state index < -0.39 is 0 Å². The van der Waals surface area contributed by atoms with Gasteiger partial charge in [0, 0.05) is 6.20 Å². The molecule has 0 bridgehead atoms. The highest BCUT2D eigenvalue weighted by Gasteiger charge is 2.12. The molecule has 0 atom stereocenters. The summed E-state index contributed by atoms with van der Waals surface area (Å²) < 4.78 is 0. The van der Waals surface area contributed by atoms with Crippen molar-refractivity contribution in [3.63, 3.8) is 0 Å². The summed E-state index contributed by atoms with van der Waals surface area (Å²) in [6.07, 6.45) is 1.66. The fraction of sp³-hybridized carbons (Fsp3) is 0.300. The van der Waals surface area contributed by atoms with E-state index in [0.717, 1.165) is 0 Å². The van der Waals surface area contributed by atoms with Crippen molar-refractivity contribution in [3.8, 4) is 12.1 Å². The Morgan fingerprint density at radius 1 is 1.40 bits per heavy atom. The molecule has 0 radical (unpaired) electrons. The van der Waals surface area contributed by atoms with Gasteiger partial charge in [0.05, 0.1) is 37.5 Å². The number of carbonyl (C=O) groups excluding carboxylic acids is 1. The highest BCUT2D eigenvalue weighted by Crippen LogP contribution is 1.98. The SMILES string of the molecule is N#CCN(CC#N)CC(=O)c1ccc[nH]1. The zero-order valence-corrected chi connectivity index (χ0v) is 8.10. The molecule has 5 nitrogen and oxygen atoms in total. The van der Waals surface area contributed by atoms with E-state index in [1.165, 1.54) is 4.90 Å². The van der Waals surface area contributed by atoms with Gasteiger partial charge in [-0.05, 0) is 12.1 Å². The Labute approximate surface area is 87.5 Å². The first-order valence-corrected chi connectivity index (χ1v) is 4.40. The van der Waals surface area contributed by atoms with Crippen LogP contribution in [0.15, 0.2) is 18.3 Å². The Morgan fingerprint density at radius 3 is 2.53 bits per heavy atom. The van der Waals surface area contributed by atoms with Crippen LogP contribution in [-0.2, 0) is 0 Å². The van der Waals surface area contributed by atoms with Crippen LogP contribution in [0.25, 0.3) is 0 Å². The number of aromatic amines is 1. The number of H-pyrrole nitrogens is 1. The van der Waals surface area contributed by atoms with Crippen molar-refractivity contribution in [3.05, 3.63) is 24.0 Å². The number of nitrogens with zero attached hydrogens (tertiary/aromatic N) is 3. The summed E-state index contributed by atoms with van der Waals surface area (Å²) in [6.45, 7) is 0.252. The maximum Gasteiger partial charge on any atom is 0.192 e. The number of carbonyl (C=O) groups is 1. The molecule has 1 N–H and O–H groups in total. The summed E-state index contributed by atoms with van der Waals surface area (Å²) >= 11 is 0. The van der Waals surface area contributed by atoms with Crippen molar-refractivity contribution in [2.24, 2.45) is 0 Å². The quantitative estimate of drug-likeness (QED) is 0.558. The predicted octanol–water partition coefficient (Wildman–Crippen LogP) is 0.547. The Bertz CT molecular complexity index is 380. The molecule has 0 aliphatic heterocycles. The minimum atomic E-state index is -0.120. The average Bonchev–Trinajstić information content (AvgIpc) is 2.71. The third-order valence-electron chi connectivity index (χ3n) is 1.85. The molecule has 0 aromatic carbocycles. The van der Waals surface area contributed by atoms with Crippen LogP contribution in [0.1, 0.15) is 10.5 Å². The van der Waals surface area contributed by atoms with Gasteiger partial charge in [-0.1, -0.05) is 0 Å². The Kier molecular flexibility index (Phi) is 4.08. The molecule has 0 unspecified atom stereocenters. The van der Waals surface area contributed by atoms with Crippen molar-refractivity contribution in [2.45, 2.75) is 0 Å². The summed E-state index contributed by atoms with van der Waals surface area (Å²) in [7, 11) is 0. The van der Waals surface area contributed by atoms with Gasteiger partial charge in [0.1, 0.15) is 0 Å². The van der Waals surface area contributed by atoms with Crippen LogP contribution in [0.3, 0.4) is 0 Å². The minimum absolute atomic E-state index is 0.0833. The number of nitrogens with one attached hydrogen (secondary N) is 1. The fourth-order valence-electron chi connectivity index (χ4n) is 1.16. The molecular formula is C10H10N4O. The molecule has 0 aliphatic rings. The highest BCUT2D eigenvalue weighted by molar-refractivity contribution is 5.95. The number of nitriles is 2. The Balaban J connectivity index is 2.56. The normalized spacial score (nSPS) is 9.53. The molecule has 15 heavy (non-hydrogen) atoms. The summed E-state index contributed by atoms with van der Waals surface area (Å²) in [5.41, 5.74) is 0.496. The molecule has 76 valence electrons. The molecule has 0 saturated heterocycles. The smallest absolute Gasteiger partial charge is 0.192 e. The van der Waals surface area contributed by atoms with Gasteiger partial charge < -0.3 is 4.98 Å². The Hall–Kier alpha value is -2.11. The lowest BCUT2D eigenvalue weighted by atomic mass is 10.2. The zero-order valence-electron chi connectivity index (χ0n) is 8.10. The topological polar surface area (TPSA) is 83.7 Å². The van der Waals surface area contributed by atoms with Crippen LogP contribution < -0.4 is 0 Å². The average molecular weight is 202 g/mol. The summed E-state index contributed by atoms with van der Waals surface area (Å²) in [5.74, 6) is -0.120. The standard InChI is InChI=1S/C10H10N4O/c11-3-6-14(7-4-12)8-10(15)9-2-1-5-13-9/h1-2,5,13H,6-8H2.